The summed E-state index contributed by atoms with van der Waals surface area (Å²) >= 11 is 2.39. The third-order valence-corrected chi connectivity index (χ3v) is 7.95. The highest BCUT2D eigenvalue weighted by Gasteiger charge is 2.60. The van der Waals surface area contributed by atoms with Crippen LogP contribution in [0.5, 0.6) is 0 Å². The second kappa shape index (κ2) is 9.02. The van der Waals surface area contributed by atoms with Crippen LogP contribution in [0, 0.1) is 17.3 Å². The highest BCUT2D eigenvalue weighted by atomic mass is 127. The van der Waals surface area contributed by atoms with Crippen LogP contribution in [0.3, 0.4) is 0 Å². The van der Waals surface area contributed by atoms with Crippen LogP contribution in [0.25, 0.3) is 0 Å². The number of hydrogen-bond acceptors (Lipinski definition) is 2. The first-order valence-corrected chi connectivity index (χ1v) is 13.5. The zero-order valence-corrected chi connectivity index (χ0v) is 18.9. The van der Waals surface area contributed by atoms with Gasteiger partial charge in [-0.15, -0.1) is 12.5 Å². The van der Waals surface area contributed by atoms with Crippen LogP contribution in [0.1, 0.15) is 46.0 Å². The molecule has 0 spiro atoms. The molecule has 0 unspecified atom stereocenters. The molecule has 136 valence electrons. The monoisotopic (exact) mass is 460 g/mol. The topological polar surface area (TPSA) is 29.5 Å². The SMILES string of the molecule is C=CC[Si](C)(C)O[C@@H](C#CCCCCI)[C@](C)(O)C1(C(=C)C)CC1. The predicted octanol–water partition coefficient (Wildman–Crippen LogP) is 5.48. The molecule has 0 heterocycles. The van der Waals surface area contributed by atoms with E-state index in [0.29, 0.717) is 0 Å². The van der Waals surface area contributed by atoms with Gasteiger partial charge in [0.1, 0.15) is 11.7 Å². The van der Waals surface area contributed by atoms with Crippen molar-refractivity contribution in [3.8, 4) is 11.8 Å². The van der Waals surface area contributed by atoms with Crippen molar-refractivity contribution in [1.29, 1.82) is 0 Å². The quantitative estimate of drug-likeness (QED) is 0.117. The van der Waals surface area contributed by atoms with E-state index in [4.69, 9.17) is 4.43 Å². The normalized spacial score (nSPS) is 19.6. The lowest BCUT2D eigenvalue weighted by atomic mass is 9.77. The highest BCUT2D eigenvalue weighted by Crippen LogP contribution is 2.60. The summed E-state index contributed by atoms with van der Waals surface area (Å²) in [5.74, 6) is 6.53. The van der Waals surface area contributed by atoms with Gasteiger partial charge in [0.05, 0.1) is 0 Å². The molecule has 1 aliphatic carbocycles. The lowest BCUT2D eigenvalue weighted by molar-refractivity contribution is -0.0692. The van der Waals surface area contributed by atoms with E-state index >= 15 is 0 Å². The molecule has 0 amide bonds. The molecule has 1 saturated carbocycles. The van der Waals surface area contributed by atoms with E-state index < -0.39 is 20.0 Å². The first-order chi connectivity index (χ1) is 11.1. The van der Waals surface area contributed by atoms with Gasteiger partial charge in [-0.1, -0.05) is 46.7 Å². The Kier molecular flexibility index (Phi) is 8.25. The van der Waals surface area contributed by atoms with E-state index in [1.54, 1.807) is 0 Å². The van der Waals surface area contributed by atoms with Gasteiger partial charge in [0.15, 0.2) is 8.32 Å². The van der Waals surface area contributed by atoms with E-state index in [-0.39, 0.29) is 5.41 Å². The molecule has 24 heavy (non-hydrogen) atoms. The number of unbranched alkanes of at least 4 members (excludes halogenated alkanes) is 2. The molecule has 0 saturated heterocycles. The van der Waals surface area contributed by atoms with Gasteiger partial charge in [0.25, 0.3) is 0 Å². The number of halogens is 1. The minimum Gasteiger partial charge on any atom is -0.401 e. The van der Waals surface area contributed by atoms with Gasteiger partial charge < -0.3 is 9.53 Å². The van der Waals surface area contributed by atoms with Crippen molar-refractivity contribution < 1.29 is 9.53 Å². The summed E-state index contributed by atoms with van der Waals surface area (Å²) in [5.41, 5.74) is -0.204. The molecular weight excluding hydrogens is 427 g/mol. The van der Waals surface area contributed by atoms with E-state index in [0.717, 1.165) is 41.7 Å². The third-order valence-electron chi connectivity index (χ3n) is 5.04. The van der Waals surface area contributed by atoms with Crippen LogP contribution in [0.4, 0.5) is 0 Å². The van der Waals surface area contributed by atoms with E-state index in [1.165, 1.54) is 6.42 Å². The molecule has 1 fully saturated rings. The Morgan fingerprint density at radius 3 is 2.54 bits per heavy atom. The maximum Gasteiger partial charge on any atom is 0.192 e. The van der Waals surface area contributed by atoms with Gasteiger partial charge in [0, 0.05) is 11.8 Å². The fraction of sp³-hybridized carbons (Fsp3) is 0.700. The molecule has 2 atom stereocenters. The number of alkyl halides is 1. The van der Waals surface area contributed by atoms with Crippen molar-refractivity contribution in [1.82, 2.24) is 0 Å². The molecule has 0 radical (unpaired) electrons. The van der Waals surface area contributed by atoms with Crippen molar-refractivity contribution in [3.63, 3.8) is 0 Å². The Morgan fingerprint density at radius 1 is 1.46 bits per heavy atom. The number of hydrogen-bond donors (Lipinski definition) is 1. The standard InChI is InChI=1S/C20H33IO2Si/c1-7-16-24(5,6)23-18(12-10-8-9-11-15-21)19(4,22)20(13-14-20)17(2)3/h7,18,22H,1-2,8-9,11,13-16H2,3-6H3/t18-,19-/m0/s1. The molecule has 1 rings (SSSR count). The van der Waals surface area contributed by atoms with Gasteiger partial charge >= 0.3 is 0 Å². The zero-order chi connectivity index (χ0) is 18.4. The second-order valence-electron chi connectivity index (χ2n) is 7.73. The first kappa shape index (κ1) is 21.9. The van der Waals surface area contributed by atoms with Crippen molar-refractivity contribution in [2.45, 2.75) is 76.8 Å². The second-order valence-corrected chi connectivity index (χ2v) is 13.0. The van der Waals surface area contributed by atoms with Crippen LogP contribution < -0.4 is 0 Å². The van der Waals surface area contributed by atoms with Gasteiger partial charge in [-0.25, -0.2) is 0 Å². The Balaban J connectivity index is 2.99. The summed E-state index contributed by atoms with van der Waals surface area (Å²) in [6.45, 7) is 16.2. The smallest absolute Gasteiger partial charge is 0.192 e. The lowest BCUT2D eigenvalue weighted by Crippen LogP contribution is -2.52. The van der Waals surface area contributed by atoms with Gasteiger partial charge in [-0.05, 0) is 63.1 Å². The maximum absolute atomic E-state index is 11.4. The molecule has 0 aromatic rings. The van der Waals surface area contributed by atoms with E-state index in [2.05, 4.69) is 60.7 Å². The zero-order valence-electron chi connectivity index (χ0n) is 15.8. The molecule has 2 nitrogen and oxygen atoms in total. The summed E-state index contributed by atoms with van der Waals surface area (Å²) in [7, 11) is -1.95. The third kappa shape index (κ3) is 5.45. The Bertz CT molecular complexity index is 509. The van der Waals surface area contributed by atoms with Crippen molar-refractivity contribution >= 4 is 30.9 Å². The molecule has 0 aromatic heterocycles. The fourth-order valence-corrected chi connectivity index (χ4v) is 5.47. The summed E-state index contributed by atoms with van der Waals surface area (Å²) in [4.78, 5) is 0. The van der Waals surface area contributed by atoms with Crippen molar-refractivity contribution in [3.05, 3.63) is 24.8 Å². The molecule has 4 heteroatoms. The van der Waals surface area contributed by atoms with E-state index in [1.807, 2.05) is 19.9 Å². The van der Waals surface area contributed by atoms with Crippen LogP contribution >= 0.6 is 22.6 Å². The van der Waals surface area contributed by atoms with Crippen molar-refractivity contribution in [2.75, 3.05) is 4.43 Å². The first-order valence-electron chi connectivity index (χ1n) is 8.84. The lowest BCUT2D eigenvalue weighted by Gasteiger charge is -2.41. The van der Waals surface area contributed by atoms with Crippen LogP contribution in [-0.2, 0) is 4.43 Å². The maximum atomic E-state index is 11.4. The number of aliphatic hydroxyl groups is 1. The summed E-state index contributed by atoms with van der Waals surface area (Å²) in [6, 6.07) is 0.857. The Labute approximate surface area is 163 Å². The Morgan fingerprint density at radius 2 is 2.08 bits per heavy atom. The van der Waals surface area contributed by atoms with Crippen LogP contribution in [-0.4, -0.2) is 29.6 Å². The average molecular weight is 460 g/mol. The molecule has 0 aromatic carbocycles. The molecule has 0 bridgehead atoms. The molecule has 1 aliphatic rings. The van der Waals surface area contributed by atoms with Crippen LogP contribution in [0.15, 0.2) is 24.8 Å². The van der Waals surface area contributed by atoms with Gasteiger partial charge in [-0.3, -0.25) is 0 Å². The summed E-state index contributed by atoms with van der Waals surface area (Å²) in [5, 5.41) is 11.4. The largest absolute Gasteiger partial charge is 0.401 e. The number of allylic oxidation sites excluding steroid dienone is 1. The number of rotatable bonds is 10. The molecule has 0 aliphatic heterocycles. The predicted molar refractivity (Wildman–Crippen MR) is 115 cm³/mol. The average Bonchev–Trinajstić information content (AvgIpc) is 3.27. The summed E-state index contributed by atoms with van der Waals surface area (Å²) in [6.07, 6.45) is 6.54. The fourth-order valence-electron chi connectivity index (χ4n) is 3.21. The van der Waals surface area contributed by atoms with Gasteiger partial charge in [-0.2, -0.15) is 0 Å². The minimum absolute atomic E-state index is 0.243. The van der Waals surface area contributed by atoms with Crippen molar-refractivity contribution in [2.24, 2.45) is 5.41 Å². The van der Waals surface area contributed by atoms with Crippen LogP contribution in [0.2, 0.25) is 19.1 Å². The highest BCUT2D eigenvalue weighted by molar-refractivity contribution is 14.1. The molecular formula is C20H33IO2Si. The minimum atomic E-state index is -1.95. The summed E-state index contributed by atoms with van der Waals surface area (Å²) < 4.78 is 7.59. The Hall–Kier alpha value is -0.0931. The molecule has 1 N–H and O–H groups in total. The van der Waals surface area contributed by atoms with E-state index in [9.17, 15) is 5.11 Å². The van der Waals surface area contributed by atoms with Gasteiger partial charge in [0.2, 0.25) is 0 Å².